The molecule has 5 heteroatoms. The van der Waals surface area contributed by atoms with Crippen LogP contribution in [0.25, 0.3) is 0 Å². The average Bonchev–Trinajstić information content (AvgIpc) is 2.47. The third-order valence-electron chi connectivity index (χ3n) is 3.29. The Labute approximate surface area is 119 Å². The molecule has 0 saturated heterocycles. The van der Waals surface area contributed by atoms with Crippen LogP contribution in [0, 0.1) is 5.82 Å². The molecule has 0 saturated carbocycles. The van der Waals surface area contributed by atoms with Crippen molar-refractivity contribution < 1.29 is 19.1 Å². The lowest BCUT2D eigenvalue weighted by molar-refractivity contribution is -0.112. The molecule has 2 aromatic rings. The fourth-order valence-corrected chi connectivity index (χ4v) is 2.24. The molecular formula is C16H10FNO3. The van der Waals surface area contributed by atoms with Gasteiger partial charge in [0.25, 0.3) is 0 Å². The number of nitrogens with zero attached hydrogens (tertiary/aromatic N) is 1. The highest BCUT2D eigenvalue weighted by Crippen LogP contribution is 2.27. The summed E-state index contributed by atoms with van der Waals surface area (Å²) in [6.45, 7) is 0. The summed E-state index contributed by atoms with van der Waals surface area (Å²) in [5, 5.41) is 8.95. The van der Waals surface area contributed by atoms with Crippen molar-refractivity contribution in [2.24, 2.45) is 4.99 Å². The normalized spacial score (nSPS) is 13.6. The summed E-state index contributed by atoms with van der Waals surface area (Å²) in [5.74, 6) is -1.63. The Balaban J connectivity index is 2.06. The predicted octanol–water partition coefficient (Wildman–Crippen LogP) is 2.77. The smallest absolute Gasteiger partial charge is 0.335 e. The Kier molecular flexibility index (Phi) is 3.10. The molecule has 1 aliphatic rings. The van der Waals surface area contributed by atoms with Gasteiger partial charge in [-0.3, -0.25) is 4.79 Å². The number of benzene rings is 2. The molecule has 1 aliphatic heterocycles. The molecule has 2 aromatic carbocycles. The molecule has 0 fully saturated rings. The van der Waals surface area contributed by atoms with E-state index >= 15 is 0 Å². The predicted molar refractivity (Wildman–Crippen MR) is 74.7 cm³/mol. The lowest BCUT2D eigenvalue weighted by atomic mass is 9.95. The van der Waals surface area contributed by atoms with Crippen LogP contribution in [-0.2, 0) is 11.2 Å². The second kappa shape index (κ2) is 4.94. The highest BCUT2D eigenvalue weighted by molar-refractivity contribution is 6.47. The third kappa shape index (κ3) is 2.45. The monoisotopic (exact) mass is 283 g/mol. The summed E-state index contributed by atoms with van der Waals surface area (Å²) >= 11 is 0. The molecule has 0 aromatic heterocycles. The number of aromatic carboxylic acids is 1. The number of carbonyl (C=O) groups is 2. The Morgan fingerprint density at radius 1 is 1.14 bits per heavy atom. The van der Waals surface area contributed by atoms with E-state index in [0.717, 1.165) is 0 Å². The van der Waals surface area contributed by atoms with Crippen LogP contribution in [0.3, 0.4) is 0 Å². The maximum atomic E-state index is 12.9. The second-order valence-corrected chi connectivity index (χ2v) is 4.72. The lowest BCUT2D eigenvalue weighted by Crippen LogP contribution is -2.21. The first-order valence-corrected chi connectivity index (χ1v) is 6.28. The molecule has 0 atom stereocenters. The third-order valence-corrected chi connectivity index (χ3v) is 3.29. The first-order chi connectivity index (χ1) is 10.0. The summed E-state index contributed by atoms with van der Waals surface area (Å²) < 4.78 is 12.9. The van der Waals surface area contributed by atoms with E-state index < -0.39 is 5.97 Å². The highest BCUT2D eigenvalue weighted by Gasteiger charge is 2.22. The largest absolute Gasteiger partial charge is 0.478 e. The summed E-state index contributed by atoms with van der Waals surface area (Å²) in [5.41, 5.74) is 2.10. The number of Topliss-reactive ketones (excluding diaryl/α,β-unsaturated/α-hetero) is 1. The molecule has 0 bridgehead atoms. The van der Waals surface area contributed by atoms with Crippen molar-refractivity contribution >= 4 is 23.2 Å². The van der Waals surface area contributed by atoms with Crippen LogP contribution in [0.5, 0.6) is 0 Å². The van der Waals surface area contributed by atoms with Crippen molar-refractivity contribution in [2.75, 3.05) is 0 Å². The van der Waals surface area contributed by atoms with E-state index in [9.17, 15) is 14.0 Å². The zero-order chi connectivity index (χ0) is 15.0. The van der Waals surface area contributed by atoms with Gasteiger partial charge in [0.1, 0.15) is 11.5 Å². The minimum atomic E-state index is -1.04. The van der Waals surface area contributed by atoms with Gasteiger partial charge in [0.2, 0.25) is 0 Å². The quantitative estimate of drug-likeness (QED) is 0.921. The summed E-state index contributed by atoms with van der Waals surface area (Å²) in [6, 6.07) is 10.0. The van der Waals surface area contributed by atoms with E-state index in [1.807, 2.05) is 0 Å². The van der Waals surface area contributed by atoms with Crippen LogP contribution in [-0.4, -0.2) is 22.6 Å². The fraction of sp³-hybridized carbons (Fsp3) is 0.0625. The highest BCUT2D eigenvalue weighted by atomic mass is 19.1. The van der Waals surface area contributed by atoms with E-state index in [1.165, 1.54) is 36.4 Å². The molecule has 4 nitrogen and oxygen atoms in total. The maximum absolute atomic E-state index is 12.9. The number of halogens is 1. The minimum absolute atomic E-state index is 0.0899. The van der Waals surface area contributed by atoms with Gasteiger partial charge in [-0.1, -0.05) is 0 Å². The van der Waals surface area contributed by atoms with Gasteiger partial charge in [-0.05, 0) is 48.0 Å². The number of carboxylic acids is 1. The summed E-state index contributed by atoms with van der Waals surface area (Å²) in [4.78, 5) is 27.4. The van der Waals surface area contributed by atoms with Crippen LogP contribution in [0.15, 0.2) is 47.5 Å². The van der Waals surface area contributed by atoms with Crippen molar-refractivity contribution in [3.63, 3.8) is 0 Å². The number of hydrogen-bond acceptors (Lipinski definition) is 3. The fourth-order valence-electron chi connectivity index (χ4n) is 2.24. The molecule has 0 unspecified atom stereocenters. The summed E-state index contributed by atoms with van der Waals surface area (Å²) in [7, 11) is 0. The molecule has 0 spiro atoms. The number of hydrogen-bond donors (Lipinski definition) is 1. The number of fused-ring (bicyclic) bond motifs is 1. The summed E-state index contributed by atoms with van der Waals surface area (Å²) in [6.07, 6.45) is 0.0899. The average molecular weight is 283 g/mol. The maximum Gasteiger partial charge on any atom is 0.335 e. The van der Waals surface area contributed by atoms with Crippen LogP contribution in [0.1, 0.15) is 21.5 Å². The molecular weight excluding hydrogens is 273 g/mol. The first kappa shape index (κ1) is 13.2. The van der Waals surface area contributed by atoms with E-state index in [4.69, 9.17) is 5.11 Å². The lowest BCUT2D eigenvalue weighted by Gasteiger charge is -2.15. The molecule has 21 heavy (non-hydrogen) atoms. The van der Waals surface area contributed by atoms with Gasteiger partial charge in [-0.2, -0.15) is 0 Å². The molecule has 1 heterocycles. The number of ketones is 1. The van der Waals surface area contributed by atoms with E-state index in [1.54, 1.807) is 6.07 Å². The van der Waals surface area contributed by atoms with Crippen LogP contribution < -0.4 is 0 Å². The molecule has 3 rings (SSSR count). The van der Waals surface area contributed by atoms with Crippen molar-refractivity contribution in [3.05, 3.63) is 65.0 Å². The van der Waals surface area contributed by atoms with Crippen molar-refractivity contribution in [1.82, 2.24) is 0 Å². The number of carbonyl (C=O) groups excluding carboxylic acids is 1. The standard InChI is InChI=1S/C16H10FNO3/c17-12-4-1-9(2-5-12)15-14(19)8-11-7-10(16(20)21)3-6-13(11)18-15/h1-7H,8H2,(H,20,21). The SMILES string of the molecule is O=C1Cc2cc(C(=O)O)ccc2N=C1c1ccc(F)cc1. The Bertz CT molecular complexity index is 779. The zero-order valence-electron chi connectivity index (χ0n) is 10.8. The first-order valence-electron chi connectivity index (χ1n) is 6.28. The Morgan fingerprint density at radius 3 is 2.52 bits per heavy atom. The van der Waals surface area contributed by atoms with E-state index in [2.05, 4.69) is 4.99 Å². The van der Waals surface area contributed by atoms with Gasteiger partial charge in [-0.25, -0.2) is 14.2 Å². The van der Waals surface area contributed by atoms with E-state index in [0.29, 0.717) is 16.8 Å². The van der Waals surface area contributed by atoms with Crippen molar-refractivity contribution in [2.45, 2.75) is 6.42 Å². The van der Waals surface area contributed by atoms with Crippen LogP contribution >= 0.6 is 0 Å². The van der Waals surface area contributed by atoms with Gasteiger partial charge < -0.3 is 5.11 Å². The number of carboxylic acid groups (broad SMARTS) is 1. The van der Waals surface area contributed by atoms with Gasteiger partial charge in [0, 0.05) is 12.0 Å². The molecule has 0 amide bonds. The van der Waals surface area contributed by atoms with Crippen LogP contribution in [0.4, 0.5) is 10.1 Å². The van der Waals surface area contributed by atoms with Crippen molar-refractivity contribution in [1.29, 1.82) is 0 Å². The van der Waals surface area contributed by atoms with Crippen molar-refractivity contribution in [3.8, 4) is 0 Å². The Hall–Kier alpha value is -2.82. The van der Waals surface area contributed by atoms with Crippen LogP contribution in [0.2, 0.25) is 0 Å². The van der Waals surface area contributed by atoms with Gasteiger partial charge in [0.05, 0.1) is 11.3 Å². The Morgan fingerprint density at radius 2 is 1.86 bits per heavy atom. The molecule has 0 radical (unpaired) electrons. The second-order valence-electron chi connectivity index (χ2n) is 4.72. The van der Waals surface area contributed by atoms with E-state index in [-0.39, 0.29) is 29.3 Å². The molecule has 0 aliphatic carbocycles. The number of aliphatic imine (C=N–C) groups is 1. The van der Waals surface area contributed by atoms with Gasteiger partial charge in [-0.15, -0.1) is 0 Å². The zero-order valence-corrected chi connectivity index (χ0v) is 10.8. The van der Waals surface area contributed by atoms with Gasteiger partial charge >= 0.3 is 5.97 Å². The topological polar surface area (TPSA) is 66.7 Å². The number of rotatable bonds is 2. The molecule has 1 N–H and O–H groups in total. The minimum Gasteiger partial charge on any atom is -0.478 e. The van der Waals surface area contributed by atoms with Gasteiger partial charge in [0.15, 0.2) is 5.78 Å². The molecule has 104 valence electrons.